The van der Waals surface area contributed by atoms with Crippen LogP contribution >= 0.6 is 11.8 Å². The number of hydrogen-bond donors (Lipinski definition) is 2. The van der Waals surface area contributed by atoms with E-state index in [1.807, 2.05) is 23.9 Å². The Morgan fingerprint density at radius 3 is 2.86 bits per heavy atom. The van der Waals surface area contributed by atoms with Gasteiger partial charge in [-0.05, 0) is 31.2 Å². The van der Waals surface area contributed by atoms with Crippen molar-refractivity contribution in [1.29, 1.82) is 0 Å². The molecule has 3 N–H and O–H groups in total. The van der Waals surface area contributed by atoms with E-state index in [0.717, 1.165) is 12.4 Å². The molecule has 1 aliphatic carbocycles. The zero-order chi connectivity index (χ0) is 10.0. The van der Waals surface area contributed by atoms with E-state index in [0.29, 0.717) is 10.4 Å². The highest BCUT2D eigenvalue weighted by atomic mass is 32.2. The fraction of sp³-hybridized carbons (Fsp3) is 0.500. The Bertz CT molecular complexity index is 306. The summed E-state index contributed by atoms with van der Waals surface area (Å²) < 4.78 is 0.475. The van der Waals surface area contributed by atoms with Gasteiger partial charge in [-0.2, -0.15) is 11.8 Å². The molecule has 1 aromatic heterocycles. The molecule has 0 atom stereocenters. The van der Waals surface area contributed by atoms with Gasteiger partial charge in [-0.1, -0.05) is 0 Å². The standard InChI is InChI=1S/C10H15N3S/c1-14-10(4-5-10)7-13-9-3-2-8(11)6-12-9/h2-3,6H,4-5,7,11H2,1H3,(H,12,13). The number of hydrogen-bond acceptors (Lipinski definition) is 4. The summed E-state index contributed by atoms with van der Waals surface area (Å²) in [6, 6.07) is 3.79. The second-order valence-electron chi connectivity index (χ2n) is 3.72. The molecule has 2 rings (SSSR count). The minimum absolute atomic E-state index is 0.475. The molecule has 0 saturated heterocycles. The van der Waals surface area contributed by atoms with E-state index in [-0.39, 0.29) is 0 Å². The van der Waals surface area contributed by atoms with Gasteiger partial charge in [0.25, 0.3) is 0 Å². The zero-order valence-corrected chi connectivity index (χ0v) is 9.10. The molecule has 1 aliphatic rings. The molecule has 76 valence electrons. The number of pyridine rings is 1. The van der Waals surface area contributed by atoms with E-state index in [1.54, 1.807) is 6.20 Å². The van der Waals surface area contributed by atoms with Crippen LogP contribution in [-0.2, 0) is 0 Å². The first-order valence-electron chi connectivity index (χ1n) is 4.75. The van der Waals surface area contributed by atoms with Crippen molar-refractivity contribution in [3.05, 3.63) is 18.3 Å². The van der Waals surface area contributed by atoms with Crippen LogP contribution in [0, 0.1) is 0 Å². The molecule has 0 radical (unpaired) electrons. The van der Waals surface area contributed by atoms with Crippen molar-refractivity contribution in [2.24, 2.45) is 0 Å². The maximum atomic E-state index is 5.55. The molecule has 0 bridgehead atoms. The SMILES string of the molecule is CSC1(CNc2ccc(N)cn2)CC1. The Kier molecular flexibility index (Phi) is 2.54. The fourth-order valence-electron chi connectivity index (χ4n) is 1.35. The van der Waals surface area contributed by atoms with Crippen molar-refractivity contribution in [3.63, 3.8) is 0 Å². The van der Waals surface area contributed by atoms with Crippen LogP contribution in [0.2, 0.25) is 0 Å². The van der Waals surface area contributed by atoms with Crippen LogP contribution in [0.15, 0.2) is 18.3 Å². The Morgan fingerprint density at radius 2 is 2.36 bits per heavy atom. The first kappa shape index (κ1) is 9.65. The quantitative estimate of drug-likeness (QED) is 0.796. The van der Waals surface area contributed by atoms with Crippen LogP contribution in [0.25, 0.3) is 0 Å². The van der Waals surface area contributed by atoms with Crippen LogP contribution in [0.5, 0.6) is 0 Å². The van der Waals surface area contributed by atoms with Crippen molar-refractivity contribution in [2.75, 3.05) is 23.9 Å². The maximum Gasteiger partial charge on any atom is 0.126 e. The smallest absolute Gasteiger partial charge is 0.126 e. The van der Waals surface area contributed by atoms with E-state index in [1.165, 1.54) is 12.8 Å². The molecule has 3 nitrogen and oxygen atoms in total. The van der Waals surface area contributed by atoms with E-state index >= 15 is 0 Å². The monoisotopic (exact) mass is 209 g/mol. The van der Waals surface area contributed by atoms with Gasteiger partial charge < -0.3 is 11.1 Å². The molecule has 0 aliphatic heterocycles. The topological polar surface area (TPSA) is 50.9 Å². The third kappa shape index (κ3) is 2.12. The molecule has 1 heterocycles. The van der Waals surface area contributed by atoms with Crippen LogP contribution in [0.4, 0.5) is 11.5 Å². The van der Waals surface area contributed by atoms with Crippen LogP contribution in [-0.4, -0.2) is 22.5 Å². The third-order valence-electron chi connectivity index (χ3n) is 2.62. The largest absolute Gasteiger partial charge is 0.397 e. The minimum Gasteiger partial charge on any atom is -0.397 e. The van der Waals surface area contributed by atoms with Crippen molar-refractivity contribution >= 4 is 23.3 Å². The summed E-state index contributed by atoms with van der Waals surface area (Å²) in [6.07, 6.45) is 6.48. The number of rotatable bonds is 4. The van der Waals surface area contributed by atoms with Crippen LogP contribution in [0.1, 0.15) is 12.8 Å². The lowest BCUT2D eigenvalue weighted by molar-refractivity contribution is 0.941. The molecule has 0 amide bonds. The lowest BCUT2D eigenvalue weighted by Crippen LogP contribution is -2.17. The normalized spacial score (nSPS) is 17.8. The number of aromatic nitrogens is 1. The number of nitrogens with two attached hydrogens (primary N) is 1. The summed E-state index contributed by atoms with van der Waals surface area (Å²) in [5, 5.41) is 3.34. The molecule has 1 aromatic rings. The highest BCUT2D eigenvalue weighted by molar-refractivity contribution is 8.00. The Balaban J connectivity index is 1.89. The average molecular weight is 209 g/mol. The van der Waals surface area contributed by atoms with Crippen molar-refractivity contribution in [1.82, 2.24) is 4.98 Å². The first-order chi connectivity index (χ1) is 6.74. The van der Waals surface area contributed by atoms with Gasteiger partial charge in [0.05, 0.1) is 11.9 Å². The summed E-state index contributed by atoms with van der Waals surface area (Å²) in [4.78, 5) is 4.20. The predicted octanol–water partition coefficient (Wildman–Crippen LogP) is 1.97. The lowest BCUT2D eigenvalue weighted by atomic mass is 10.4. The van der Waals surface area contributed by atoms with Crippen LogP contribution in [0.3, 0.4) is 0 Å². The van der Waals surface area contributed by atoms with E-state index in [4.69, 9.17) is 5.73 Å². The summed E-state index contributed by atoms with van der Waals surface area (Å²) >= 11 is 1.95. The highest BCUT2D eigenvalue weighted by Crippen LogP contribution is 2.46. The number of nitrogen functional groups attached to an aromatic ring is 1. The summed E-state index contributed by atoms with van der Waals surface area (Å²) in [5.41, 5.74) is 6.26. The van der Waals surface area contributed by atoms with Crippen molar-refractivity contribution in [2.45, 2.75) is 17.6 Å². The zero-order valence-electron chi connectivity index (χ0n) is 8.29. The fourth-order valence-corrected chi connectivity index (χ4v) is 2.08. The molecular weight excluding hydrogens is 194 g/mol. The Morgan fingerprint density at radius 1 is 1.57 bits per heavy atom. The molecule has 14 heavy (non-hydrogen) atoms. The maximum absolute atomic E-state index is 5.55. The average Bonchev–Trinajstić information content (AvgIpc) is 2.98. The molecule has 0 unspecified atom stereocenters. The molecule has 0 aromatic carbocycles. The van der Waals surface area contributed by atoms with E-state index < -0.39 is 0 Å². The lowest BCUT2D eigenvalue weighted by Gasteiger charge is -2.13. The number of thioether (sulfide) groups is 1. The molecule has 1 fully saturated rings. The van der Waals surface area contributed by atoms with Gasteiger partial charge in [0.1, 0.15) is 5.82 Å². The van der Waals surface area contributed by atoms with Crippen molar-refractivity contribution < 1.29 is 0 Å². The van der Waals surface area contributed by atoms with Crippen LogP contribution < -0.4 is 11.1 Å². The summed E-state index contributed by atoms with van der Waals surface area (Å²) in [6.45, 7) is 1.01. The number of anilines is 2. The van der Waals surface area contributed by atoms with Gasteiger partial charge in [-0.3, -0.25) is 0 Å². The van der Waals surface area contributed by atoms with Gasteiger partial charge in [-0.15, -0.1) is 0 Å². The van der Waals surface area contributed by atoms with Crippen molar-refractivity contribution in [3.8, 4) is 0 Å². The Labute approximate surface area is 88.5 Å². The molecule has 4 heteroatoms. The van der Waals surface area contributed by atoms with Gasteiger partial charge in [0.2, 0.25) is 0 Å². The number of nitrogens with one attached hydrogen (secondary N) is 1. The van der Waals surface area contributed by atoms with Gasteiger partial charge in [0.15, 0.2) is 0 Å². The molecule has 1 saturated carbocycles. The second-order valence-corrected chi connectivity index (χ2v) is 4.99. The summed E-state index contributed by atoms with van der Waals surface area (Å²) in [7, 11) is 0. The number of nitrogens with zero attached hydrogens (tertiary/aromatic N) is 1. The van der Waals surface area contributed by atoms with Gasteiger partial charge in [-0.25, -0.2) is 4.98 Å². The minimum atomic E-state index is 0.475. The first-order valence-corrected chi connectivity index (χ1v) is 5.97. The predicted molar refractivity (Wildman–Crippen MR) is 62.6 cm³/mol. The molecule has 0 spiro atoms. The Hall–Kier alpha value is -0.900. The van der Waals surface area contributed by atoms with E-state index in [9.17, 15) is 0 Å². The molecular formula is C10H15N3S. The van der Waals surface area contributed by atoms with E-state index in [2.05, 4.69) is 16.6 Å². The van der Waals surface area contributed by atoms with Gasteiger partial charge >= 0.3 is 0 Å². The highest BCUT2D eigenvalue weighted by Gasteiger charge is 2.41. The van der Waals surface area contributed by atoms with Gasteiger partial charge in [0, 0.05) is 11.3 Å². The third-order valence-corrected chi connectivity index (χ3v) is 4.04. The summed E-state index contributed by atoms with van der Waals surface area (Å²) in [5.74, 6) is 0.916. The second kappa shape index (κ2) is 3.69.